The van der Waals surface area contributed by atoms with Crippen molar-refractivity contribution >= 4 is 23.7 Å². The topological polar surface area (TPSA) is 114 Å². The first-order valence-electron chi connectivity index (χ1n) is 8.96. The molecule has 8 nitrogen and oxygen atoms in total. The fourth-order valence-corrected chi connectivity index (χ4v) is 3.18. The zero-order valence-corrected chi connectivity index (χ0v) is 16.1. The first-order chi connectivity index (χ1) is 12.9. The van der Waals surface area contributed by atoms with Gasteiger partial charge < -0.3 is 20.4 Å². The number of rotatable bonds is 5. The molecule has 1 aliphatic rings. The highest BCUT2D eigenvalue weighted by Crippen LogP contribution is 2.34. The van der Waals surface area contributed by atoms with Gasteiger partial charge in [-0.05, 0) is 39.3 Å². The predicted octanol–water partition coefficient (Wildman–Crippen LogP) is 2.88. The lowest BCUT2D eigenvalue weighted by Gasteiger charge is -2.35. The van der Waals surface area contributed by atoms with E-state index in [-0.39, 0.29) is 6.04 Å². The summed E-state index contributed by atoms with van der Waals surface area (Å²) < 4.78 is 5.54. The second kappa shape index (κ2) is 7.37. The Morgan fingerprint density at radius 2 is 2.26 bits per heavy atom. The molecule has 2 aromatic heterocycles. The van der Waals surface area contributed by atoms with E-state index in [1.165, 1.54) is 6.21 Å². The zero-order valence-electron chi connectivity index (χ0n) is 16.1. The van der Waals surface area contributed by atoms with E-state index in [0.717, 1.165) is 23.6 Å². The molecule has 0 aliphatic carbocycles. The van der Waals surface area contributed by atoms with E-state index in [1.807, 2.05) is 32.9 Å². The number of pyridine rings is 1. The van der Waals surface area contributed by atoms with Crippen molar-refractivity contribution < 1.29 is 4.74 Å². The number of ether oxygens (including phenoxy) is 1. The highest BCUT2D eigenvalue weighted by Gasteiger charge is 2.29. The van der Waals surface area contributed by atoms with E-state index < -0.39 is 5.41 Å². The van der Waals surface area contributed by atoms with Crippen molar-refractivity contribution in [2.45, 2.75) is 39.2 Å². The molecule has 0 bridgehead atoms. The van der Waals surface area contributed by atoms with Crippen molar-refractivity contribution in [2.75, 3.05) is 30.0 Å². The molecule has 1 fully saturated rings. The summed E-state index contributed by atoms with van der Waals surface area (Å²) in [6.45, 7) is 9.70. The number of anilines is 3. The van der Waals surface area contributed by atoms with E-state index in [0.29, 0.717) is 30.4 Å². The van der Waals surface area contributed by atoms with E-state index >= 15 is 0 Å². The molecule has 0 radical (unpaired) electrons. The van der Waals surface area contributed by atoms with Crippen LogP contribution in [0.25, 0.3) is 0 Å². The molecule has 0 saturated carbocycles. The molecular weight excluding hydrogens is 342 g/mol. The summed E-state index contributed by atoms with van der Waals surface area (Å²) in [5.74, 6) is 1.91. The van der Waals surface area contributed by atoms with Crippen LogP contribution in [0, 0.1) is 23.7 Å². The van der Waals surface area contributed by atoms with Crippen LogP contribution in [-0.2, 0) is 10.2 Å². The molecular formula is C19H25N7O. The fourth-order valence-electron chi connectivity index (χ4n) is 3.18. The van der Waals surface area contributed by atoms with Crippen molar-refractivity contribution in [3.05, 3.63) is 29.0 Å². The SMILES string of the molecule is Cc1cc(Nc2nc(N3CCOCC3C)cc(C(C)(C)C#N)c2C=N)n[nH]1. The van der Waals surface area contributed by atoms with Crippen LogP contribution in [0.4, 0.5) is 17.5 Å². The van der Waals surface area contributed by atoms with Gasteiger partial charge in [-0.3, -0.25) is 5.10 Å². The molecule has 0 amide bonds. The van der Waals surface area contributed by atoms with E-state index in [1.54, 1.807) is 0 Å². The van der Waals surface area contributed by atoms with Crippen LogP contribution < -0.4 is 10.2 Å². The number of H-pyrrole nitrogens is 1. The van der Waals surface area contributed by atoms with E-state index in [9.17, 15) is 5.26 Å². The number of nitrogens with one attached hydrogen (secondary N) is 3. The zero-order chi connectivity index (χ0) is 19.6. The molecule has 3 N–H and O–H groups in total. The Morgan fingerprint density at radius 3 is 2.85 bits per heavy atom. The lowest BCUT2D eigenvalue weighted by atomic mass is 9.83. The van der Waals surface area contributed by atoms with Crippen LogP contribution in [-0.4, -0.2) is 47.2 Å². The molecule has 2 aromatic rings. The van der Waals surface area contributed by atoms with Gasteiger partial charge in [-0.15, -0.1) is 0 Å². The van der Waals surface area contributed by atoms with Crippen LogP contribution in [0.1, 0.15) is 37.6 Å². The van der Waals surface area contributed by atoms with Gasteiger partial charge in [0, 0.05) is 30.1 Å². The average molecular weight is 367 g/mol. The summed E-state index contributed by atoms with van der Waals surface area (Å²) in [5, 5.41) is 27.9. The van der Waals surface area contributed by atoms with Crippen molar-refractivity contribution in [3.8, 4) is 6.07 Å². The maximum atomic E-state index is 9.69. The number of hydrogen-bond acceptors (Lipinski definition) is 7. The summed E-state index contributed by atoms with van der Waals surface area (Å²) in [4.78, 5) is 6.95. The van der Waals surface area contributed by atoms with Crippen molar-refractivity contribution in [2.24, 2.45) is 0 Å². The lowest BCUT2D eigenvalue weighted by molar-refractivity contribution is 0.0985. The van der Waals surface area contributed by atoms with Gasteiger partial charge in [0.2, 0.25) is 0 Å². The summed E-state index contributed by atoms with van der Waals surface area (Å²) in [6, 6.07) is 6.31. The van der Waals surface area contributed by atoms with Crippen molar-refractivity contribution in [3.63, 3.8) is 0 Å². The largest absolute Gasteiger partial charge is 0.377 e. The molecule has 1 atom stereocenters. The first kappa shape index (κ1) is 18.9. The van der Waals surface area contributed by atoms with E-state index in [2.05, 4.69) is 33.4 Å². The Bertz CT molecular complexity index is 881. The smallest absolute Gasteiger partial charge is 0.153 e. The third kappa shape index (κ3) is 3.78. The normalized spacial score (nSPS) is 17.4. The second-order valence-corrected chi connectivity index (χ2v) is 7.35. The molecule has 142 valence electrons. The number of hydrogen-bond donors (Lipinski definition) is 3. The third-order valence-electron chi connectivity index (χ3n) is 4.76. The van der Waals surface area contributed by atoms with Gasteiger partial charge in [-0.2, -0.15) is 10.4 Å². The van der Waals surface area contributed by atoms with Gasteiger partial charge in [-0.25, -0.2) is 4.98 Å². The molecule has 1 aliphatic heterocycles. The van der Waals surface area contributed by atoms with Crippen LogP contribution in [0.5, 0.6) is 0 Å². The Hall–Kier alpha value is -2.92. The summed E-state index contributed by atoms with van der Waals surface area (Å²) in [6.07, 6.45) is 1.25. The second-order valence-electron chi connectivity index (χ2n) is 7.35. The number of nitriles is 1. The van der Waals surface area contributed by atoms with Crippen LogP contribution in [0.2, 0.25) is 0 Å². The molecule has 1 saturated heterocycles. The minimum Gasteiger partial charge on any atom is -0.377 e. The summed E-state index contributed by atoms with van der Waals surface area (Å²) in [7, 11) is 0. The highest BCUT2D eigenvalue weighted by atomic mass is 16.5. The number of aromatic nitrogens is 3. The van der Waals surface area contributed by atoms with Gasteiger partial charge in [0.25, 0.3) is 0 Å². The Kier molecular flexibility index (Phi) is 5.15. The summed E-state index contributed by atoms with van der Waals surface area (Å²) >= 11 is 0. The number of nitrogens with zero attached hydrogens (tertiary/aromatic N) is 4. The number of aryl methyl sites for hydroxylation is 1. The van der Waals surface area contributed by atoms with Gasteiger partial charge in [0.15, 0.2) is 5.82 Å². The van der Waals surface area contributed by atoms with Crippen molar-refractivity contribution in [1.29, 1.82) is 10.7 Å². The minimum atomic E-state index is -0.766. The van der Waals surface area contributed by atoms with Gasteiger partial charge >= 0.3 is 0 Å². The number of aromatic amines is 1. The molecule has 1 unspecified atom stereocenters. The predicted molar refractivity (Wildman–Crippen MR) is 105 cm³/mol. The third-order valence-corrected chi connectivity index (χ3v) is 4.76. The highest BCUT2D eigenvalue weighted by molar-refractivity contribution is 5.89. The molecule has 3 heterocycles. The van der Waals surface area contributed by atoms with Gasteiger partial charge in [-0.1, -0.05) is 0 Å². The monoisotopic (exact) mass is 367 g/mol. The average Bonchev–Trinajstić information content (AvgIpc) is 3.06. The van der Waals surface area contributed by atoms with Gasteiger partial charge in [0.05, 0.1) is 30.7 Å². The Morgan fingerprint density at radius 1 is 1.48 bits per heavy atom. The lowest BCUT2D eigenvalue weighted by Crippen LogP contribution is -2.44. The van der Waals surface area contributed by atoms with Crippen LogP contribution in [0.3, 0.4) is 0 Å². The van der Waals surface area contributed by atoms with E-state index in [4.69, 9.17) is 15.1 Å². The van der Waals surface area contributed by atoms with Crippen LogP contribution in [0.15, 0.2) is 12.1 Å². The molecule has 0 spiro atoms. The molecule has 0 aromatic carbocycles. The maximum Gasteiger partial charge on any atom is 0.153 e. The quantitative estimate of drug-likeness (QED) is 0.700. The van der Waals surface area contributed by atoms with Crippen molar-refractivity contribution in [1.82, 2.24) is 15.2 Å². The number of morpholine rings is 1. The Labute approximate surface area is 159 Å². The molecule has 27 heavy (non-hydrogen) atoms. The standard InChI is InChI=1S/C19H25N7O/c1-12-7-16(25-24-12)22-18-14(9-20)15(19(3,4)11-21)8-17(23-18)26-5-6-27-10-13(26)2/h7-9,13,20H,5-6,10H2,1-4H3,(H2,22,23,24,25). The minimum absolute atomic E-state index is 0.176. The molecule has 8 heteroatoms. The first-order valence-corrected chi connectivity index (χ1v) is 8.96. The Balaban J connectivity index is 2.14. The fraction of sp³-hybridized carbons (Fsp3) is 0.474. The maximum absolute atomic E-state index is 9.69. The van der Waals surface area contributed by atoms with Gasteiger partial charge in [0.1, 0.15) is 11.6 Å². The summed E-state index contributed by atoms with van der Waals surface area (Å²) in [5.41, 5.74) is 1.51. The molecule has 3 rings (SSSR count). The van der Waals surface area contributed by atoms with Crippen LogP contribution >= 0.6 is 0 Å².